The number of aryl methyl sites for hydroxylation is 1. The molecular formula is C10H9NOS2. The molecule has 2 aromatic rings. The van der Waals surface area contributed by atoms with Crippen molar-refractivity contribution in [1.29, 1.82) is 0 Å². The van der Waals surface area contributed by atoms with Crippen LogP contribution in [-0.4, -0.2) is 10.8 Å². The molecular weight excluding hydrogens is 214 g/mol. The zero-order valence-electron chi connectivity index (χ0n) is 7.69. The number of rotatable bonds is 3. The molecule has 0 unspecified atom stereocenters. The zero-order valence-corrected chi connectivity index (χ0v) is 9.32. The van der Waals surface area contributed by atoms with Crippen LogP contribution in [0.1, 0.15) is 27.2 Å². The van der Waals surface area contributed by atoms with E-state index in [0.29, 0.717) is 5.69 Å². The van der Waals surface area contributed by atoms with Gasteiger partial charge in [-0.15, -0.1) is 22.7 Å². The van der Waals surface area contributed by atoms with Gasteiger partial charge >= 0.3 is 0 Å². The van der Waals surface area contributed by atoms with Crippen LogP contribution in [0.5, 0.6) is 0 Å². The Kier molecular flexibility index (Phi) is 2.74. The van der Waals surface area contributed by atoms with Crippen molar-refractivity contribution in [3.8, 4) is 0 Å². The van der Waals surface area contributed by atoms with E-state index >= 15 is 0 Å². The van der Waals surface area contributed by atoms with Crippen molar-refractivity contribution < 1.29 is 4.79 Å². The highest BCUT2D eigenvalue weighted by Crippen LogP contribution is 2.20. The van der Waals surface area contributed by atoms with Crippen LogP contribution in [0, 0.1) is 0 Å². The number of carbonyl (C=O) groups excluding carboxylic acids is 1. The second-order valence-corrected chi connectivity index (χ2v) is 4.71. The summed E-state index contributed by atoms with van der Waals surface area (Å²) in [6.45, 7) is 2.09. The normalized spacial score (nSPS) is 10.4. The van der Waals surface area contributed by atoms with E-state index in [4.69, 9.17) is 0 Å². The lowest BCUT2D eigenvalue weighted by Gasteiger charge is -1.90. The van der Waals surface area contributed by atoms with Crippen molar-refractivity contribution in [2.24, 2.45) is 0 Å². The van der Waals surface area contributed by atoms with Gasteiger partial charge in [-0.1, -0.05) is 6.92 Å². The Labute approximate surface area is 90.2 Å². The highest BCUT2D eigenvalue weighted by atomic mass is 32.1. The largest absolute Gasteiger partial charge is 0.286 e. The minimum absolute atomic E-state index is 0.0379. The van der Waals surface area contributed by atoms with E-state index in [0.717, 1.165) is 11.3 Å². The predicted molar refractivity (Wildman–Crippen MR) is 59.2 cm³/mol. The Bertz CT molecular complexity index is 431. The fourth-order valence-corrected chi connectivity index (χ4v) is 2.57. The average Bonchev–Trinajstić information content (AvgIpc) is 2.88. The second-order valence-electron chi connectivity index (χ2n) is 2.82. The van der Waals surface area contributed by atoms with Gasteiger partial charge in [-0.05, 0) is 18.6 Å². The fraction of sp³-hybridized carbons (Fsp3) is 0.200. The molecule has 0 spiro atoms. The highest BCUT2D eigenvalue weighted by Gasteiger charge is 2.12. The van der Waals surface area contributed by atoms with E-state index < -0.39 is 0 Å². The van der Waals surface area contributed by atoms with E-state index in [2.05, 4.69) is 11.9 Å². The smallest absolute Gasteiger partial charge is 0.222 e. The molecule has 0 aliphatic rings. The topological polar surface area (TPSA) is 30.0 Å². The molecule has 0 atom stereocenters. The Morgan fingerprint density at radius 1 is 1.50 bits per heavy atom. The van der Waals surface area contributed by atoms with Crippen molar-refractivity contribution in [1.82, 2.24) is 4.98 Å². The summed E-state index contributed by atoms with van der Waals surface area (Å²) in [4.78, 5) is 17.8. The summed E-state index contributed by atoms with van der Waals surface area (Å²) in [6.07, 6.45) is 0.981. The molecule has 2 nitrogen and oxygen atoms in total. The van der Waals surface area contributed by atoms with Gasteiger partial charge in [0.15, 0.2) is 0 Å². The molecule has 0 bridgehead atoms. The lowest BCUT2D eigenvalue weighted by molar-refractivity contribution is 0.103. The van der Waals surface area contributed by atoms with E-state index in [1.165, 1.54) is 16.2 Å². The Morgan fingerprint density at radius 3 is 2.93 bits per heavy atom. The molecule has 4 heteroatoms. The molecule has 14 heavy (non-hydrogen) atoms. The summed E-state index contributed by atoms with van der Waals surface area (Å²) in [5.41, 5.74) is 2.24. The first kappa shape index (κ1) is 9.55. The van der Waals surface area contributed by atoms with Crippen molar-refractivity contribution in [2.75, 3.05) is 0 Å². The summed E-state index contributed by atoms with van der Waals surface area (Å²) in [6, 6.07) is 3.88. The predicted octanol–water partition coefficient (Wildman–Crippen LogP) is 3.00. The fourth-order valence-electron chi connectivity index (χ4n) is 1.14. The lowest BCUT2D eigenvalue weighted by atomic mass is 10.2. The first-order valence-corrected chi connectivity index (χ1v) is 6.08. The van der Waals surface area contributed by atoms with Gasteiger partial charge in [0.2, 0.25) is 5.78 Å². The van der Waals surface area contributed by atoms with Crippen molar-refractivity contribution >= 4 is 28.5 Å². The second kappa shape index (κ2) is 4.02. The van der Waals surface area contributed by atoms with Gasteiger partial charge < -0.3 is 0 Å². The van der Waals surface area contributed by atoms with Crippen LogP contribution in [-0.2, 0) is 6.42 Å². The zero-order chi connectivity index (χ0) is 9.97. The number of thiazole rings is 1. The standard InChI is InChI=1S/C10H9NOS2/c1-2-7-3-4-9(14-7)10(12)8-5-13-6-11-8/h3-6H,2H2,1H3. The van der Waals surface area contributed by atoms with Crippen LogP contribution < -0.4 is 0 Å². The van der Waals surface area contributed by atoms with Crippen LogP contribution in [0.2, 0.25) is 0 Å². The summed E-state index contributed by atoms with van der Waals surface area (Å²) < 4.78 is 0. The molecule has 0 aromatic carbocycles. The number of ketones is 1. The lowest BCUT2D eigenvalue weighted by Crippen LogP contribution is -1.97. The van der Waals surface area contributed by atoms with Gasteiger partial charge in [-0.2, -0.15) is 0 Å². The highest BCUT2D eigenvalue weighted by molar-refractivity contribution is 7.14. The van der Waals surface area contributed by atoms with Crippen LogP contribution >= 0.6 is 22.7 Å². The van der Waals surface area contributed by atoms with Crippen LogP contribution in [0.4, 0.5) is 0 Å². The molecule has 2 aromatic heterocycles. The van der Waals surface area contributed by atoms with Gasteiger partial charge in [0.05, 0.1) is 10.4 Å². The van der Waals surface area contributed by atoms with E-state index in [9.17, 15) is 4.79 Å². The number of hydrogen-bond donors (Lipinski definition) is 0. The molecule has 0 radical (unpaired) electrons. The maximum atomic E-state index is 11.8. The SMILES string of the molecule is CCc1ccc(C(=O)c2cscn2)s1. The van der Waals surface area contributed by atoms with Gasteiger partial charge in [0.25, 0.3) is 0 Å². The molecule has 0 saturated carbocycles. The first-order valence-electron chi connectivity index (χ1n) is 4.33. The number of carbonyl (C=O) groups is 1. The summed E-state index contributed by atoms with van der Waals surface area (Å²) in [7, 11) is 0. The number of thiophene rings is 1. The third-order valence-corrected chi connectivity index (χ3v) is 3.71. The number of nitrogens with zero attached hydrogens (tertiary/aromatic N) is 1. The van der Waals surface area contributed by atoms with Crippen molar-refractivity contribution in [3.05, 3.63) is 38.5 Å². The average molecular weight is 223 g/mol. The van der Waals surface area contributed by atoms with Gasteiger partial charge in [0.1, 0.15) is 5.69 Å². The molecule has 2 heterocycles. The molecule has 0 saturated heterocycles. The Morgan fingerprint density at radius 2 is 2.36 bits per heavy atom. The molecule has 0 aliphatic carbocycles. The van der Waals surface area contributed by atoms with Gasteiger partial charge in [-0.3, -0.25) is 4.79 Å². The minimum atomic E-state index is 0.0379. The third-order valence-electron chi connectivity index (χ3n) is 1.90. The third kappa shape index (κ3) is 1.76. The quantitative estimate of drug-likeness (QED) is 0.749. The van der Waals surface area contributed by atoms with Crippen LogP contribution in [0.3, 0.4) is 0 Å². The Balaban J connectivity index is 2.28. The monoisotopic (exact) mass is 223 g/mol. The molecule has 0 N–H and O–H groups in total. The summed E-state index contributed by atoms with van der Waals surface area (Å²) in [5.74, 6) is 0.0379. The maximum Gasteiger partial charge on any atom is 0.222 e. The molecule has 0 aliphatic heterocycles. The summed E-state index contributed by atoms with van der Waals surface area (Å²) >= 11 is 3.00. The Hall–Kier alpha value is -1.00. The van der Waals surface area contributed by atoms with Gasteiger partial charge in [-0.25, -0.2) is 4.98 Å². The van der Waals surface area contributed by atoms with E-state index in [1.807, 2.05) is 12.1 Å². The first-order chi connectivity index (χ1) is 6.81. The molecule has 0 amide bonds. The number of hydrogen-bond acceptors (Lipinski definition) is 4. The number of aromatic nitrogens is 1. The molecule has 72 valence electrons. The van der Waals surface area contributed by atoms with Crippen molar-refractivity contribution in [2.45, 2.75) is 13.3 Å². The van der Waals surface area contributed by atoms with E-state index in [-0.39, 0.29) is 5.78 Å². The van der Waals surface area contributed by atoms with E-state index in [1.54, 1.807) is 22.2 Å². The van der Waals surface area contributed by atoms with Crippen LogP contribution in [0.15, 0.2) is 23.0 Å². The summed E-state index contributed by atoms with van der Waals surface area (Å²) in [5, 5.41) is 1.79. The van der Waals surface area contributed by atoms with Crippen LogP contribution in [0.25, 0.3) is 0 Å². The molecule has 2 rings (SSSR count). The van der Waals surface area contributed by atoms with Gasteiger partial charge in [0, 0.05) is 10.3 Å². The maximum absolute atomic E-state index is 11.8. The minimum Gasteiger partial charge on any atom is -0.286 e. The molecule has 0 fully saturated rings. The van der Waals surface area contributed by atoms with Crippen molar-refractivity contribution in [3.63, 3.8) is 0 Å².